The molecule has 0 aliphatic carbocycles. The molecule has 30 heavy (non-hydrogen) atoms. The van der Waals surface area contributed by atoms with E-state index in [2.05, 4.69) is 0 Å². The van der Waals surface area contributed by atoms with Crippen LogP contribution in [0.3, 0.4) is 0 Å². The van der Waals surface area contributed by atoms with Gasteiger partial charge in [-0.15, -0.1) is 0 Å². The summed E-state index contributed by atoms with van der Waals surface area (Å²) in [6.07, 6.45) is -4.91. The number of rotatable bonds is 6. The van der Waals surface area contributed by atoms with Crippen molar-refractivity contribution in [2.24, 2.45) is 5.92 Å². The average molecular weight is 425 g/mol. The minimum Gasteiger partial charge on any atom is -0.497 e. The maximum Gasteiger partial charge on any atom is 0.419 e. The van der Waals surface area contributed by atoms with Gasteiger partial charge in [0.25, 0.3) is 0 Å². The molecule has 1 amide bonds. The van der Waals surface area contributed by atoms with E-state index in [9.17, 15) is 27.2 Å². The maximum atomic E-state index is 13.7. The van der Waals surface area contributed by atoms with Gasteiger partial charge < -0.3 is 14.4 Å². The van der Waals surface area contributed by atoms with Gasteiger partial charge in [-0.25, -0.2) is 4.39 Å². The third-order valence-corrected chi connectivity index (χ3v) is 4.89. The summed E-state index contributed by atoms with van der Waals surface area (Å²) in [6, 6.07) is 8.23. The summed E-state index contributed by atoms with van der Waals surface area (Å²) in [5, 5.41) is 0. The Hall–Kier alpha value is -3.10. The highest BCUT2D eigenvalue weighted by atomic mass is 19.4. The molecule has 1 saturated heterocycles. The Morgan fingerprint density at radius 2 is 1.80 bits per heavy atom. The molecule has 3 rings (SSSR count). The summed E-state index contributed by atoms with van der Waals surface area (Å²) in [6.45, 7) is 1.64. The molecule has 2 unspecified atom stereocenters. The molecule has 5 nitrogen and oxygen atoms in total. The Bertz CT molecular complexity index is 943. The summed E-state index contributed by atoms with van der Waals surface area (Å²) in [5.74, 6) is -3.49. The molecule has 2 aromatic carbocycles. The van der Waals surface area contributed by atoms with E-state index in [-0.39, 0.29) is 18.7 Å². The zero-order valence-corrected chi connectivity index (χ0v) is 16.2. The largest absolute Gasteiger partial charge is 0.497 e. The summed E-state index contributed by atoms with van der Waals surface area (Å²) >= 11 is 0. The van der Waals surface area contributed by atoms with Gasteiger partial charge in [-0.1, -0.05) is 18.2 Å². The first kappa shape index (κ1) is 21.6. The third-order valence-electron chi connectivity index (χ3n) is 4.89. The predicted octanol–water partition coefficient (Wildman–Crippen LogP) is 4.12. The van der Waals surface area contributed by atoms with Gasteiger partial charge in [-0.05, 0) is 42.3 Å². The van der Waals surface area contributed by atoms with E-state index in [0.29, 0.717) is 23.4 Å². The predicted molar refractivity (Wildman–Crippen MR) is 97.8 cm³/mol. The number of likely N-dealkylation sites (tertiary alicyclic amines) is 1. The van der Waals surface area contributed by atoms with Crippen molar-refractivity contribution in [3.63, 3.8) is 0 Å². The van der Waals surface area contributed by atoms with E-state index in [1.807, 2.05) is 0 Å². The highest BCUT2D eigenvalue weighted by Gasteiger charge is 2.53. The first-order valence-corrected chi connectivity index (χ1v) is 9.14. The molecular formula is C21H19F4NO4. The minimum atomic E-state index is -4.91. The lowest BCUT2D eigenvalue weighted by Gasteiger charge is -2.46. The van der Waals surface area contributed by atoms with Gasteiger partial charge in [-0.3, -0.25) is 9.59 Å². The molecule has 0 spiro atoms. The number of carbonyl (C=O) groups is 2. The van der Waals surface area contributed by atoms with Crippen LogP contribution in [-0.2, 0) is 27.0 Å². The van der Waals surface area contributed by atoms with Crippen LogP contribution in [0.1, 0.15) is 29.7 Å². The van der Waals surface area contributed by atoms with Crippen LogP contribution >= 0.6 is 0 Å². The van der Waals surface area contributed by atoms with Crippen molar-refractivity contribution in [1.29, 1.82) is 0 Å². The molecule has 1 fully saturated rings. The van der Waals surface area contributed by atoms with Crippen LogP contribution in [0.15, 0.2) is 42.5 Å². The van der Waals surface area contributed by atoms with Gasteiger partial charge in [0.1, 0.15) is 11.6 Å². The monoisotopic (exact) mass is 425 g/mol. The normalized spacial score (nSPS) is 18.7. The number of ether oxygens (including phenoxy) is 2. The number of methoxy groups -OCH3 is 1. The van der Waals surface area contributed by atoms with Crippen LogP contribution in [-0.4, -0.2) is 30.5 Å². The zero-order chi connectivity index (χ0) is 22.1. The van der Waals surface area contributed by atoms with Crippen LogP contribution in [0, 0.1) is 11.7 Å². The lowest BCUT2D eigenvalue weighted by Crippen LogP contribution is -2.57. The molecule has 9 heteroatoms. The molecule has 0 saturated carbocycles. The molecule has 0 N–H and O–H groups in total. The molecular weight excluding hydrogens is 406 g/mol. The second-order valence-corrected chi connectivity index (χ2v) is 6.73. The summed E-state index contributed by atoms with van der Waals surface area (Å²) in [4.78, 5) is 26.2. The molecule has 1 aliphatic heterocycles. The quantitative estimate of drug-likeness (QED) is 0.303. The molecule has 160 valence electrons. The van der Waals surface area contributed by atoms with E-state index in [4.69, 9.17) is 9.47 Å². The number of amides is 1. The molecule has 0 bridgehead atoms. The Balaban J connectivity index is 1.96. The zero-order valence-electron chi connectivity index (χ0n) is 16.2. The lowest BCUT2D eigenvalue weighted by atomic mass is 9.81. The van der Waals surface area contributed by atoms with Crippen LogP contribution in [0.4, 0.5) is 17.6 Å². The fourth-order valence-electron chi connectivity index (χ4n) is 3.43. The number of halogens is 4. The number of hydrogen-bond acceptors (Lipinski definition) is 4. The first-order valence-electron chi connectivity index (χ1n) is 9.14. The van der Waals surface area contributed by atoms with Gasteiger partial charge in [0.2, 0.25) is 5.91 Å². The Morgan fingerprint density at radius 1 is 1.13 bits per heavy atom. The summed E-state index contributed by atoms with van der Waals surface area (Å²) < 4.78 is 63.2. The summed E-state index contributed by atoms with van der Waals surface area (Å²) in [7, 11) is 1.50. The molecule has 0 radical (unpaired) electrons. The van der Waals surface area contributed by atoms with E-state index in [1.54, 1.807) is 31.2 Å². The van der Waals surface area contributed by atoms with Crippen molar-refractivity contribution in [2.75, 3.05) is 13.7 Å². The fourth-order valence-corrected chi connectivity index (χ4v) is 3.43. The van der Waals surface area contributed by atoms with Gasteiger partial charge in [-0.2, -0.15) is 13.2 Å². The van der Waals surface area contributed by atoms with E-state index < -0.39 is 41.4 Å². The molecule has 2 atom stereocenters. The number of β-lactam (4-membered cyclic amide) rings is 1. The van der Waals surface area contributed by atoms with E-state index in [1.165, 1.54) is 12.0 Å². The van der Waals surface area contributed by atoms with Crippen molar-refractivity contribution in [1.82, 2.24) is 4.90 Å². The third kappa shape index (κ3) is 4.10. The Morgan fingerprint density at radius 3 is 2.37 bits per heavy atom. The smallest absolute Gasteiger partial charge is 0.419 e. The second kappa shape index (κ2) is 8.33. The number of esters is 1. The molecule has 2 aromatic rings. The van der Waals surface area contributed by atoms with Crippen molar-refractivity contribution < 1.29 is 36.6 Å². The minimum absolute atomic E-state index is 0.00916. The van der Waals surface area contributed by atoms with Crippen LogP contribution in [0.5, 0.6) is 5.75 Å². The molecule has 0 aromatic heterocycles. The van der Waals surface area contributed by atoms with Crippen molar-refractivity contribution >= 4 is 11.9 Å². The average Bonchev–Trinajstić information content (AvgIpc) is 2.70. The maximum absolute atomic E-state index is 13.7. The van der Waals surface area contributed by atoms with Crippen molar-refractivity contribution in [2.45, 2.75) is 25.7 Å². The van der Waals surface area contributed by atoms with Crippen LogP contribution in [0.2, 0.25) is 0 Å². The van der Waals surface area contributed by atoms with E-state index >= 15 is 0 Å². The number of benzene rings is 2. The van der Waals surface area contributed by atoms with Gasteiger partial charge >= 0.3 is 12.1 Å². The van der Waals surface area contributed by atoms with Gasteiger partial charge in [0.15, 0.2) is 5.92 Å². The fraction of sp³-hybridized carbons (Fsp3) is 0.333. The SMILES string of the molecule is CCOC(=O)C1C(=O)N(Cc2ccc(OC)cc2)C1c1ccc(F)c(C(F)(F)F)c1. The highest BCUT2D eigenvalue weighted by Crippen LogP contribution is 2.44. The lowest BCUT2D eigenvalue weighted by molar-refractivity contribution is -0.174. The van der Waals surface area contributed by atoms with Crippen LogP contribution < -0.4 is 4.74 Å². The van der Waals surface area contributed by atoms with Crippen molar-refractivity contribution in [3.8, 4) is 5.75 Å². The van der Waals surface area contributed by atoms with Gasteiger partial charge in [0.05, 0.1) is 25.3 Å². The molecule has 1 aliphatic rings. The number of hydrogen-bond donors (Lipinski definition) is 0. The number of alkyl halides is 3. The van der Waals surface area contributed by atoms with Gasteiger partial charge in [0, 0.05) is 6.54 Å². The topological polar surface area (TPSA) is 55.8 Å². The standard InChI is InChI=1S/C21H19F4NO4/c1-3-30-20(28)17-18(13-6-9-16(22)15(10-13)21(23,24)25)26(19(17)27)11-12-4-7-14(29-2)8-5-12/h4-10,17-18H,3,11H2,1-2H3. The van der Waals surface area contributed by atoms with Crippen LogP contribution in [0.25, 0.3) is 0 Å². The number of carbonyl (C=O) groups excluding carboxylic acids is 2. The van der Waals surface area contributed by atoms with E-state index in [0.717, 1.165) is 6.07 Å². The van der Waals surface area contributed by atoms with Crippen molar-refractivity contribution in [3.05, 3.63) is 65.0 Å². The number of nitrogens with zero attached hydrogens (tertiary/aromatic N) is 1. The second-order valence-electron chi connectivity index (χ2n) is 6.73. The first-order chi connectivity index (χ1) is 14.2. The Labute approximate surface area is 170 Å². The highest BCUT2D eigenvalue weighted by molar-refractivity contribution is 6.03. The molecule has 1 heterocycles. The Kier molecular flexibility index (Phi) is 6.00. The summed E-state index contributed by atoms with van der Waals surface area (Å²) in [5.41, 5.74) is -0.754.